The summed E-state index contributed by atoms with van der Waals surface area (Å²) in [5.74, 6) is -0.984. The molecular formula is C21H33ClN4O6Si. The molecule has 3 N–H and O–H groups in total. The summed E-state index contributed by atoms with van der Waals surface area (Å²) in [6, 6.07) is 0. The molecule has 0 unspecified atom stereocenters. The van der Waals surface area contributed by atoms with Crippen molar-refractivity contribution in [3.63, 3.8) is 0 Å². The van der Waals surface area contributed by atoms with Crippen LogP contribution in [0.15, 0.2) is 12.7 Å². The maximum Gasteiger partial charge on any atom is 0.188 e. The van der Waals surface area contributed by atoms with Crippen LogP contribution in [0.1, 0.15) is 46.8 Å². The number of rotatable bonds is 5. The number of nitrogens with zero attached hydrogens (tertiary/aromatic N) is 4. The van der Waals surface area contributed by atoms with Gasteiger partial charge in [-0.3, -0.25) is 4.57 Å². The van der Waals surface area contributed by atoms with Gasteiger partial charge in [0.05, 0.1) is 12.4 Å². The third-order valence-corrected chi connectivity index (χ3v) is 11.0. The molecule has 0 amide bonds. The average molecular weight is 501 g/mol. The van der Waals surface area contributed by atoms with Crippen molar-refractivity contribution < 1.29 is 29.2 Å². The number of fused-ring (bicyclic) bond motifs is 2. The summed E-state index contributed by atoms with van der Waals surface area (Å²) in [5.41, 5.74) is 0.856. The van der Waals surface area contributed by atoms with Gasteiger partial charge in [-0.15, -0.1) is 0 Å². The van der Waals surface area contributed by atoms with E-state index >= 15 is 0 Å². The lowest BCUT2D eigenvalue weighted by atomic mass is 9.95. The lowest BCUT2D eigenvalue weighted by molar-refractivity contribution is -0.202. The summed E-state index contributed by atoms with van der Waals surface area (Å²) in [6.07, 6.45) is -1.66. The van der Waals surface area contributed by atoms with E-state index in [1.54, 1.807) is 18.4 Å². The molecule has 2 aromatic rings. The zero-order valence-electron chi connectivity index (χ0n) is 19.8. The van der Waals surface area contributed by atoms with Gasteiger partial charge in [0.15, 0.2) is 31.1 Å². The van der Waals surface area contributed by atoms with E-state index in [2.05, 4.69) is 15.0 Å². The van der Waals surface area contributed by atoms with Crippen LogP contribution in [0, 0.1) is 0 Å². The molecule has 12 heteroatoms. The van der Waals surface area contributed by atoms with E-state index in [1.165, 1.54) is 12.7 Å². The molecule has 2 saturated heterocycles. The molecule has 2 aromatic heterocycles. The summed E-state index contributed by atoms with van der Waals surface area (Å²) in [5, 5.41) is 22.0. The van der Waals surface area contributed by atoms with Gasteiger partial charge in [0, 0.05) is 0 Å². The Morgan fingerprint density at radius 2 is 1.79 bits per heavy atom. The normalized spacial score (nSPS) is 32.7. The van der Waals surface area contributed by atoms with Crippen molar-refractivity contribution in [1.82, 2.24) is 19.5 Å². The largest absolute Gasteiger partial charge is 0.432 e. The molecule has 4 heterocycles. The third-order valence-electron chi connectivity index (χ3n) is 7.12. The molecule has 6 atom stereocenters. The Kier molecular flexibility index (Phi) is 6.41. The highest BCUT2D eigenvalue weighted by Gasteiger charge is 2.55. The summed E-state index contributed by atoms with van der Waals surface area (Å²) < 4.78 is 20.2. The van der Waals surface area contributed by atoms with Crippen molar-refractivity contribution in [1.29, 1.82) is 0 Å². The number of hydrogen-bond donors (Lipinski definition) is 3. The highest BCUT2D eigenvalue weighted by Crippen LogP contribution is 2.45. The monoisotopic (exact) mass is 500 g/mol. The quantitative estimate of drug-likeness (QED) is 0.418. The van der Waals surface area contributed by atoms with Crippen LogP contribution in [0.2, 0.25) is 23.3 Å². The standard InChI is InChI=1S/C21H33ClN4O6Si/c1-20(2,33(5,6)29)8-7-11-13(27)14(28)15-16(32-21(3,4)31-15)19(30-11)26-10-25-12-17(22)23-9-24-18(12)26/h9-11,13-16,19,27-29H,7-8H2,1-6H3/t11-,13-,14+,15-,16-,19-/m1/s1. The van der Waals surface area contributed by atoms with Gasteiger partial charge in [0.25, 0.3) is 0 Å². The minimum Gasteiger partial charge on any atom is -0.432 e. The van der Waals surface area contributed by atoms with Crippen LogP contribution in [-0.4, -0.2) is 79.2 Å². The molecule has 33 heavy (non-hydrogen) atoms. The molecule has 0 spiro atoms. The predicted octanol–water partition coefficient (Wildman–Crippen LogP) is 2.38. The third kappa shape index (κ3) is 4.57. The Morgan fingerprint density at radius 3 is 2.45 bits per heavy atom. The fourth-order valence-corrected chi connectivity index (χ4v) is 5.27. The summed E-state index contributed by atoms with van der Waals surface area (Å²) in [4.78, 5) is 23.3. The van der Waals surface area contributed by atoms with Crippen LogP contribution in [0.3, 0.4) is 0 Å². The molecule has 0 saturated carbocycles. The van der Waals surface area contributed by atoms with E-state index in [-0.39, 0.29) is 10.2 Å². The van der Waals surface area contributed by atoms with Crippen LogP contribution in [0.4, 0.5) is 0 Å². The number of halogens is 1. The smallest absolute Gasteiger partial charge is 0.188 e. The van der Waals surface area contributed by atoms with E-state index in [9.17, 15) is 15.0 Å². The number of aliphatic hydroxyl groups excluding tert-OH is 2. The maximum absolute atomic E-state index is 11.1. The molecule has 0 aromatic carbocycles. The van der Waals surface area contributed by atoms with Crippen LogP contribution < -0.4 is 0 Å². The van der Waals surface area contributed by atoms with Crippen molar-refractivity contribution in [3.8, 4) is 0 Å². The molecule has 0 bridgehead atoms. The van der Waals surface area contributed by atoms with Gasteiger partial charge in [-0.1, -0.05) is 25.4 Å². The first-order valence-corrected chi connectivity index (χ1v) is 14.5. The van der Waals surface area contributed by atoms with Crippen molar-refractivity contribution in [2.45, 2.75) is 101 Å². The van der Waals surface area contributed by atoms with Crippen molar-refractivity contribution in [2.24, 2.45) is 0 Å². The molecule has 0 aliphatic carbocycles. The van der Waals surface area contributed by atoms with Crippen LogP contribution in [-0.2, 0) is 14.2 Å². The minimum atomic E-state index is -2.47. The van der Waals surface area contributed by atoms with Crippen molar-refractivity contribution >= 4 is 31.1 Å². The minimum absolute atomic E-state index is 0.210. The van der Waals surface area contributed by atoms with Crippen LogP contribution >= 0.6 is 11.6 Å². The number of imidazole rings is 1. The van der Waals surface area contributed by atoms with Gasteiger partial charge in [0.2, 0.25) is 0 Å². The summed E-state index contributed by atoms with van der Waals surface area (Å²) in [7, 11) is -2.47. The molecule has 10 nitrogen and oxygen atoms in total. The molecule has 0 radical (unpaired) electrons. The van der Waals surface area contributed by atoms with Crippen LogP contribution in [0.25, 0.3) is 11.2 Å². The van der Waals surface area contributed by atoms with Crippen molar-refractivity contribution in [2.75, 3.05) is 0 Å². The Balaban J connectivity index is 1.72. The second-order valence-corrected chi connectivity index (χ2v) is 15.4. The maximum atomic E-state index is 11.1. The van der Waals surface area contributed by atoms with E-state index in [0.29, 0.717) is 24.0 Å². The van der Waals surface area contributed by atoms with E-state index in [1.807, 2.05) is 26.9 Å². The predicted molar refractivity (Wildman–Crippen MR) is 123 cm³/mol. The molecule has 184 valence electrons. The fourth-order valence-electron chi connectivity index (χ4n) is 4.33. The number of aliphatic hydroxyl groups is 2. The van der Waals surface area contributed by atoms with Gasteiger partial charge in [-0.2, -0.15) is 0 Å². The Bertz CT molecular complexity index is 1010. The number of ether oxygens (including phenoxy) is 3. The summed E-state index contributed by atoms with van der Waals surface area (Å²) in [6.45, 7) is 11.3. The molecule has 2 aliphatic rings. The zero-order valence-corrected chi connectivity index (χ0v) is 21.5. The van der Waals surface area contributed by atoms with Gasteiger partial charge in [-0.25, -0.2) is 15.0 Å². The Hall–Kier alpha value is -1.18. The molecule has 2 aliphatic heterocycles. The van der Waals surface area contributed by atoms with Gasteiger partial charge < -0.3 is 29.2 Å². The highest BCUT2D eigenvalue weighted by atomic mass is 35.5. The Labute approximate surface area is 199 Å². The van der Waals surface area contributed by atoms with Crippen molar-refractivity contribution in [3.05, 3.63) is 17.8 Å². The second-order valence-electron chi connectivity index (χ2n) is 10.6. The summed E-state index contributed by atoms with van der Waals surface area (Å²) >= 11 is 6.19. The first-order chi connectivity index (χ1) is 15.2. The average Bonchev–Trinajstić information content (AvgIpc) is 3.25. The first-order valence-electron chi connectivity index (χ1n) is 11.1. The van der Waals surface area contributed by atoms with E-state index in [4.69, 9.17) is 25.8 Å². The van der Waals surface area contributed by atoms with Gasteiger partial charge >= 0.3 is 0 Å². The SMILES string of the molecule is CC1(C)O[C@@H]2[C@@H](O)[C@H](O)[C@@H](CCC(C)(C)[Si](C)(C)O)O[C@@H](n3cnc4c(Cl)ncnc43)[C@@H]2O1. The lowest BCUT2D eigenvalue weighted by Gasteiger charge is -2.37. The van der Waals surface area contributed by atoms with Gasteiger partial charge in [0.1, 0.15) is 36.3 Å². The topological polar surface area (TPSA) is 132 Å². The zero-order chi connectivity index (χ0) is 24.3. The van der Waals surface area contributed by atoms with Crippen LogP contribution in [0.5, 0.6) is 0 Å². The molecule has 2 fully saturated rings. The van der Waals surface area contributed by atoms with E-state index < -0.39 is 50.9 Å². The number of aromatic nitrogens is 4. The molecule has 4 rings (SSSR count). The number of hydrogen-bond acceptors (Lipinski definition) is 9. The second kappa shape index (κ2) is 8.49. The Morgan fingerprint density at radius 1 is 1.12 bits per heavy atom. The molecular weight excluding hydrogens is 468 g/mol. The van der Waals surface area contributed by atoms with E-state index in [0.717, 1.165) is 0 Å². The fraction of sp³-hybridized carbons (Fsp3) is 0.762. The lowest BCUT2D eigenvalue weighted by Crippen LogP contribution is -2.46. The first kappa shape index (κ1) is 24.9. The van der Waals surface area contributed by atoms with Gasteiger partial charge in [-0.05, 0) is 44.8 Å². The highest BCUT2D eigenvalue weighted by molar-refractivity contribution is 6.72.